The van der Waals surface area contributed by atoms with Gasteiger partial charge in [-0.25, -0.2) is 4.68 Å². The lowest BCUT2D eigenvalue weighted by Crippen LogP contribution is -2.44. The Bertz CT molecular complexity index is 1290. The Labute approximate surface area is 212 Å². The van der Waals surface area contributed by atoms with Gasteiger partial charge in [-0.05, 0) is 76.9 Å². The van der Waals surface area contributed by atoms with Crippen molar-refractivity contribution in [3.63, 3.8) is 0 Å². The van der Waals surface area contributed by atoms with Gasteiger partial charge >= 0.3 is 0 Å². The van der Waals surface area contributed by atoms with Crippen molar-refractivity contribution in [3.05, 3.63) is 83.7 Å². The van der Waals surface area contributed by atoms with Crippen molar-refractivity contribution in [3.8, 4) is 11.4 Å². The number of aromatic nitrogens is 3. The third kappa shape index (κ3) is 4.70. The van der Waals surface area contributed by atoms with Gasteiger partial charge in [0.25, 0.3) is 0 Å². The standard InChI is InChI=1S/C29H35N5O2/c1-20(19-26-11-8-18-36-26)30-28(35)24-14-16-32(17-15-24)29-27(33-21(2)12-13-22(33)3)23(4)31-34(29)25-9-6-5-7-10-25/h5-13,18,20,24H,14-17,19H2,1-4H3,(H,30,35)/t20-/m1/s1. The van der Waals surface area contributed by atoms with E-state index < -0.39 is 0 Å². The summed E-state index contributed by atoms with van der Waals surface area (Å²) in [6.45, 7) is 9.99. The van der Waals surface area contributed by atoms with Gasteiger partial charge in [-0.1, -0.05) is 18.2 Å². The molecule has 0 unspecified atom stereocenters. The largest absolute Gasteiger partial charge is 0.469 e. The fourth-order valence-electron chi connectivity index (χ4n) is 5.32. The quantitative estimate of drug-likeness (QED) is 0.393. The van der Waals surface area contributed by atoms with Gasteiger partial charge in [-0.2, -0.15) is 5.10 Å². The number of nitrogens with one attached hydrogen (secondary N) is 1. The van der Waals surface area contributed by atoms with Crippen molar-refractivity contribution >= 4 is 11.7 Å². The molecule has 1 amide bonds. The van der Waals surface area contributed by atoms with Gasteiger partial charge < -0.3 is 19.2 Å². The predicted octanol–water partition coefficient (Wildman–Crippen LogP) is 5.15. The number of hydrogen-bond acceptors (Lipinski definition) is 4. The third-order valence-electron chi connectivity index (χ3n) is 7.14. The number of para-hydroxylation sites is 1. The Balaban J connectivity index is 1.38. The Morgan fingerprint density at radius 3 is 2.36 bits per heavy atom. The molecule has 4 aromatic rings. The maximum absolute atomic E-state index is 13.0. The first kappa shape index (κ1) is 24.0. The van der Waals surface area contributed by atoms with E-state index in [4.69, 9.17) is 9.52 Å². The average Bonchev–Trinajstić information content (AvgIpc) is 3.59. The molecule has 5 rings (SSSR count). The normalized spacial score (nSPS) is 15.3. The minimum atomic E-state index is 0.00740. The van der Waals surface area contributed by atoms with Crippen molar-refractivity contribution in [1.29, 1.82) is 0 Å². The van der Waals surface area contributed by atoms with Crippen LogP contribution in [0.25, 0.3) is 11.4 Å². The fraction of sp³-hybridized carbons (Fsp3) is 0.379. The zero-order chi connectivity index (χ0) is 25.2. The zero-order valence-corrected chi connectivity index (χ0v) is 21.6. The van der Waals surface area contributed by atoms with Crippen LogP contribution in [0.5, 0.6) is 0 Å². The molecule has 1 saturated heterocycles. The smallest absolute Gasteiger partial charge is 0.223 e. The van der Waals surface area contributed by atoms with Gasteiger partial charge in [0.1, 0.15) is 11.4 Å². The molecule has 0 spiro atoms. The van der Waals surface area contributed by atoms with E-state index >= 15 is 0 Å². The monoisotopic (exact) mass is 485 g/mol. The lowest BCUT2D eigenvalue weighted by Gasteiger charge is -2.34. The van der Waals surface area contributed by atoms with Gasteiger partial charge in [0, 0.05) is 42.9 Å². The van der Waals surface area contributed by atoms with Crippen LogP contribution in [0.4, 0.5) is 5.82 Å². The molecule has 1 aliphatic rings. The molecule has 188 valence electrons. The molecular weight excluding hydrogens is 450 g/mol. The Morgan fingerprint density at radius 2 is 1.72 bits per heavy atom. The van der Waals surface area contributed by atoms with E-state index in [1.165, 1.54) is 11.4 Å². The van der Waals surface area contributed by atoms with Crippen LogP contribution in [0, 0.1) is 26.7 Å². The van der Waals surface area contributed by atoms with E-state index in [0.717, 1.165) is 54.6 Å². The lowest BCUT2D eigenvalue weighted by atomic mass is 9.95. The average molecular weight is 486 g/mol. The van der Waals surface area contributed by atoms with Crippen LogP contribution in [0.3, 0.4) is 0 Å². The van der Waals surface area contributed by atoms with Crippen molar-refractivity contribution in [2.24, 2.45) is 5.92 Å². The summed E-state index contributed by atoms with van der Waals surface area (Å²) < 4.78 is 9.80. The minimum absolute atomic E-state index is 0.00740. The van der Waals surface area contributed by atoms with Crippen LogP contribution in [-0.4, -0.2) is 39.4 Å². The van der Waals surface area contributed by atoms with Gasteiger partial charge in [0.15, 0.2) is 5.82 Å². The van der Waals surface area contributed by atoms with Crippen molar-refractivity contribution in [2.45, 2.75) is 53.0 Å². The summed E-state index contributed by atoms with van der Waals surface area (Å²) in [7, 11) is 0. The number of carbonyl (C=O) groups excluding carboxylic acids is 1. The van der Waals surface area contributed by atoms with E-state index in [2.05, 4.69) is 64.5 Å². The number of hydrogen-bond donors (Lipinski definition) is 1. The second kappa shape index (κ2) is 10.1. The number of anilines is 1. The molecule has 1 atom stereocenters. The highest BCUT2D eigenvalue weighted by atomic mass is 16.3. The first-order valence-electron chi connectivity index (χ1n) is 12.8. The maximum Gasteiger partial charge on any atom is 0.223 e. The number of rotatable bonds is 7. The van der Waals surface area contributed by atoms with Crippen LogP contribution in [0.1, 0.15) is 42.6 Å². The summed E-state index contributed by atoms with van der Waals surface area (Å²) in [5.41, 5.74) is 5.51. The number of piperidine rings is 1. The molecule has 0 radical (unpaired) electrons. The molecular formula is C29H35N5O2. The molecule has 7 heteroatoms. The van der Waals surface area contributed by atoms with Crippen LogP contribution in [0.2, 0.25) is 0 Å². The maximum atomic E-state index is 13.0. The number of benzene rings is 1. The van der Waals surface area contributed by atoms with Crippen molar-refractivity contribution < 1.29 is 9.21 Å². The molecule has 36 heavy (non-hydrogen) atoms. The lowest BCUT2D eigenvalue weighted by molar-refractivity contribution is -0.126. The van der Waals surface area contributed by atoms with Crippen LogP contribution in [0.15, 0.2) is 65.3 Å². The highest BCUT2D eigenvalue weighted by Crippen LogP contribution is 2.35. The van der Waals surface area contributed by atoms with Gasteiger partial charge in [0.2, 0.25) is 5.91 Å². The molecule has 1 aromatic carbocycles. The second-order valence-corrected chi connectivity index (χ2v) is 9.91. The summed E-state index contributed by atoms with van der Waals surface area (Å²) in [5.74, 6) is 2.13. The van der Waals surface area contributed by atoms with Crippen molar-refractivity contribution in [2.75, 3.05) is 18.0 Å². The molecule has 3 aromatic heterocycles. The van der Waals surface area contributed by atoms with Crippen molar-refractivity contribution in [1.82, 2.24) is 19.7 Å². The molecule has 7 nitrogen and oxygen atoms in total. The van der Waals surface area contributed by atoms with Gasteiger partial charge in [0.05, 0.1) is 17.6 Å². The Kier molecular flexibility index (Phi) is 6.72. The molecule has 0 bridgehead atoms. The molecule has 0 saturated carbocycles. The molecule has 1 fully saturated rings. The molecule has 1 N–H and O–H groups in total. The van der Waals surface area contributed by atoms with Crippen LogP contribution < -0.4 is 10.2 Å². The summed E-state index contributed by atoms with van der Waals surface area (Å²) in [4.78, 5) is 15.4. The van der Waals surface area contributed by atoms with E-state index in [0.29, 0.717) is 6.42 Å². The van der Waals surface area contributed by atoms with Crippen LogP contribution >= 0.6 is 0 Å². The van der Waals surface area contributed by atoms with Gasteiger partial charge in [-0.3, -0.25) is 4.79 Å². The Morgan fingerprint density at radius 1 is 1.03 bits per heavy atom. The van der Waals surface area contributed by atoms with E-state index in [1.807, 2.05) is 37.3 Å². The minimum Gasteiger partial charge on any atom is -0.469 e. The first-order valence-corrected chi connectivity index (χ1v) is 12.8. The highest BCUT2D eigenvalue weighted by molar-refractivity contribution is 5.79. The number of aryl methyl sites for hydroxylation is 3. The molecule has 0 aliphatic carbocycles. The van der Waals surface area contributed by atoms with Crippen LogP contribution in [-0.2, 0) is 11.2 Å². The number of furan rings is 1. The predicted molar refractivity (Wildman–Crippen MR) is 142 cm³/mol. The summed E-state index contributed by atoms with van der Waals surface area (Å²) in [6.07, 6.45) is 3.99. The second-order valence-electron chi connectivity index (χ2n) is 9.91. The number of nitrogens with zero attached hydrogens (tertiary/aromatic N) is 4. The van der Waals surface area contributed by atoms with E-state index in [9.17, 15) is 4.79 Å². The molecule has 4 heterocycles. The highest BCUT2D eigenvalue weighted by Gasteiger charge is 2.31. The summed E-state index contributed by atoms with van der Waals surface area (Å²) >= 11 is 0. The SMILES string of the molecule is Cc1nn(-c2ccccc2)c(N2CCC(C(=O)N[C@H](C)Cc3ccco3)CC2)c1-n1c(C)ccc1C. The topological polar surface area (TPSA) is 68.2 Å². The van der Waals surface area contributed by atoms with E-state index in [1.54, 1.807) is 6.26 Å². The molecule has 1 aliphatic heterocycles. The van der Waals surface area contributed by atoms with E-state index in [-0.39, 0.29) is 17.9 Å². The first-order chi connectivity index (χ1) is 17.4. The van der Waals surface area contributed by atoms with Gasteiger partial charge in [-0.15, -0.1) is 0 Å². The number of carbonyl (C=O) groups is 1. The number of amides is 1. The third-order valence-corrected chi connectivity index (χ3v) is 7.14. The zero-order valence-electron chi connectivity index (χ0n) is 21.6. The fourth-order valence-corrected chi connectivity index (χ4v) is 5.32. The summed E-state index contributed by atoms with van der Waals surface area (Å²) in [5, 5.41) is 8.18. The summed E-state index contributed by atoms with van der Waals surface area (Å²) in [6, 6.07) is 18.5. The Hall–Kier alpha value is -3.74.